The van der Waals surface area contributed by atoms with Gasteiger partial charge in [0.2, 0.25) is 0 Å². The van der Waals surface area contributed by atoms with Crippen LogP contribution >= 0.6 is 24.0 Å². The highest BCUT2D eigenvalue weighted by Crippen LogP contribution is 2.15. The molecule has 1 aromatic rings. The molecule has 144 valence electrons. The number of halogens is 4. The molecule has 0 saturated carbocycles. The summed E-state index contributed by atoms with van der Waals surface area (Å²) < 4.78 is 36.7. The van der Waals surface area contributed by atoms with E-state index in [0.717, 1.165) is 0 Å². The summed E-state index contributed by atoms with van der Waals surface area (Å²) in [5, 5.41) is 6.34. The quantitative estimate of drug-likeness (QED) is 0.277. The van der Waals surface area contributed by atoms with Crippen LogP contribution in [0.15, 0.2) is 23.2 Å². The van der Waals surface area contributed by atoms with Gasteiger partial charge in [-0.1, -0.05) is 23.8 Å². The van der Waals surface area contributed by atoms with Crippen LogP contribution in [0.3, 0.4) is 0 Å². The summed E-state index contributed by atoms with van der Waals surface area (Å²) in [5.41, 5.74) is 3.63. The minimum Gasteiger partial charge on any atom is -0.356 e. The van der Waals surface area contributed by atoms with Crippen LogP contribution in [0.1, 0.15) is 23.1 Å². The topological polar surface area (TPSA) is 39.7 Å². The highest BCUT2D eigenvalue weighted by atomic mass is 127. The second kappa shape index (κ2) is 11.6. The number of nitrogens with zero attached hydrogens (tertiary/aromatic N) is 2. The van der Waals surface area contributed by atoms with Gasteiger partial charge in [0, 0.05) is 20.1 Å². The van der Waals surface area contributed by atoms with Gasteiger partial charge >= 0.3 is 6.18 Å². The first-order valence-corrected chi connectivity index (χ1v) is 7.97. The van der Waals surface area contributed by atoms with Crippen molar-refractivity contribution in [3.8, 4) is 0 Å². The Balaban J connectivity index is 0.00000576. The fourth-order valence-electron chi connectivity index (χ4n) is 2.38. The van der Waals surface area contributed by atoms with Crippen LogP contribution in [0, 0.1) is 13.8 Å². The van der Waals surface area contributed by atoms with Crippen LogP contribution in [0.25, 0.3) is 0 Å². The van der Waals surface area contributed by atoms with Gasteiger partial charge in [0.15, 0.2) is 5.96 Å². The van der Waals surface area contributed by atoms with Gasteiger partial charge in [-0.3, -0.25) is 9.89 Å². The number of rotatable bonds is 7. The van der Waals surface area contributed by atoms with Crippen molar-refractivity contribution in [3.63, 3.8) is 0 Å². The maximum atomic E-state index is 12.2. The Kier molecular flexibility index (Phi) is 11.1. The van der Waals surface area contributed by atoms with Crippen molar-refractivity contribution in [2.45, 2.75) is 33.0 Å². The highest BCUT2D eigenvalue weighted by Gasteiger charge is 2.28. The zero-order valence-corrected chi connectivity index (χ0v) is 17.5. The van der Waals surface area contributed by atoms with Crippen LogP contribution in [0.2, 0.25) is 0 Å². The van der Waals surface area contributed by atoms with Gasteiger partial charge in [0.1, 0.15) is 0 Å². The normalized spacial score (nSPS) is 12.1. The first-order chi connectivity index (χ1) is 11.2. The molecular weight excluding hydrogens is 444 g/mol. The number of nitrogens with one attached hydrogen (secondary N) is 2. The molecule has 0 aliphatic carbocycles. The second-order valence-corrected chi connectivity index (χ2v) is 5.99. The SMILES string of the molecule is CN=C(NCCCN(C)CC(F)(F)F)NCc1ccc(C)cc1C.I. The second-order valence-electron chi connectivity index (χ2n) is 5.99. The highest BCUT2D eigenvalue weighted by molar-refractivity contribution is 14.0. The van der Waals surface area contributed by atoms with Crippen LogP contribution < -0.4 is 10.6 Å². The van der Waals surface area contributed by atoms with Gasteiger partial charge in [-0.05, 0) is 45.0 Å². The average Bonchev–Trinajstić information content (AvgIpc) is 2.46. The average molecular weight is 472 g/mol. The first kappa shape index (κ1) is 24.0. The molecule has 0 fully saturated rings. The molecule has 0 aliphatic rings. The number of aliphatic imine (C=N–C) groups is 1. The van der Waals surface area contributed by atoms with Crippen molar-refractivity contribution >= 4 is 29.9 Å². The molecule has 0 unspecified atom stereocenters. The van der Waals surface area contributed by atoms with Crippen LogP contribution in [0.5, 0.6) is 0 Å². The number of hydrogen-bond donors (Lipinski definition) is 2. The van der Waals surface area contributed by atoms with Gasteiger partial charge in [0.05, 0.1) is 6.54 Å². The van der Waals surface area contributed by atoms with E-state index in [1.165, 1.54) is 28.6 Å². The van der Waals surface area contributed by atoms with E-state index < -0.39 is 12.7 Å². The number of guanidine groups is 1. The van der Waals surface area contributed by atoms with E-state index in [1.54, 1.807) is 7.05 Å². The molecule has 1 aromatic carbocycles. The summed E-state index contributed by atoms with van der Waals surface area (Å²) in [7, 11) is 3.15. The Hall–Kier alpha value is -1.03. The van der Waals surface area contributed by atoms with Gasteiger partial charge in [-0.15, -0.1) is 24.0 Å². The predicted molar refractivity (Wildman–Crippen MR) is 108 cm³/mol. The third-order valence-electron chi connectivity index (χ3n) is 3.63. The molecule has 0 spiro atoms. The Morgan fingerprint density at radius 2 is 1.88 bits per heavy atom. The third-order valence-corrected chi connectivity index (χ3v) is 3.63. The zero-order valence-electron chi connectivity index (χ0n) is 15.2. The van der Waals surface area contributed by atoms with Gasteiger partial charge in [-0.25, -0.2) is 0 Å². The Morgan fingerprint density at radius 3 is 2.44 bits per heavy atom. The van der Waals surface area contributed by atoms with Gasteiger partial charge in [-0.2, -0.15) is 13.2 Å². The Bertz CT molecular complexity index is 547. The summed E-state index contributed by atoms with van der Waals surface area (Å²) in [6.45, 7) is 4.83. The minimum atomic E-state index is -4.15. The standard InChI is InChI=1S/C17H27F3N4.HI/c1-13-6-7-15(14(2)10-13)11-23-16(21-3)22-8-5-9-24(4)12-17(18,19)20;/h6-7,10H,5,8-9,11-12H2,1-4H3,(H2,21,22,23);1H. The molecule has 2 N–H and O–H groups in total. The molecular formula is C17H28F3IN4. The van der Waals surface area contributed by atoms with Crippen molar-refractivity contribution < 1.29 is 13.2 Å². The van der Waals surface area contributed by atoms with Crippen molar-refractivity contribution in [1.82, 2.24) is 15.5 Å². The van der Waals surface area contributed by atoms with Gasteiger partial charge < -0.3 is 10.6 Å². The number of aryl methyl sites for hydroxylation is 2. The number of hydrogen-bond acceptors (Lipinski definition) is 2. The monoisotopic (exact) mass is 472 g/mol. The molecule has 0 amide bonds. The number of benzene rings is 1. The maximum absolute atomic E-state index is 12.2. The molecule has 25 heavy (non-hydrogen) atoms. The zero-order chi connectivity index (χ0) is 18.2. The van der Waals surface area contributed by atoms with Crippen LogP contribution in [-0.4, -0.2) is 50.8 Å². The molecule has 8 heteroatoms. The molecule has 0 aromatic heterocycles. The smallest absolute Gasteiger partial charge is 0.356 e. The molecule has 0 heterocycles. The van der Waals surface area contributed by atoms with E-state index in [9.17, 15) is 13.2 Å². The van der Waals surface area contributed by atoms with Crippen molar-refractivity contribution in [3.05, 3.63) is 34.9 Å². The summed E-state index contributed by atoms with van der Waals surface area (Å²) in [6.07, 6.45) is -3.54. The van der Waals surface area contributed by atoms with Crippen LogP contribution in [0.4, 0.5) is 13.2 Å². The van der Waals surface area contributed by atoms with Crippen molar-refractivity contribution in [1.29, 1.82) is 0 Å². The molecule has 0 aliphatic heterocycles. The van der Waals surface area contributed by atoms with Gasteiger partial charge in [0.25, 0.3) is 0 Å². The van der Waals surface area contributed by atoms with Crippen molar-refractivity contribution in [2.75, 3.05) is 33.7 Å². The predicted octanol–water partition coefficient (Wildman–Crippen LogP) is 3.47. The van der Waals surface area contributed by atoms with E-state index in [2.05, 4.69) is 47.7 Å². The van der Waals surface area contributed by atoms with Crippen molar-refractivity contribution in [2.24, 2.45) is 4.99 Å². The van der Waals surface area contributed by atoms with E-state index in [0.29, 0.717) is 32.0 Å². The summed E-state index contributed by atoms with van der Waals surface area (Å²) in [5.74, 6) is 0.647. The summed E-state index contributed by atoms with van der Waals surface area (Å²) >= 11 is 0. The Morgan fingerprint density at radius 1 is 1.20 bits per heavy atom. The lowest BCUT2D eigenvalue weighted by Crippen LogP contribution is -2.39. The first-order valence-electron chi connectivity index (χ1n) is 7.97. The van der Waals surface area contributed by atoms with E-state index in [4.69, 9.17) is 0 Å². The lowest BCUT2D eigenvalue weighted by Gasteiger charge is -2.19. The van der Waals surface area contributed by atoms with Crippen LogP contribution in [-0.2, 0) is 6.54 Å². The Labute approximate surface area is 165 Å². The largest absolute Gasteiger partial charge is 0.401 e. The minimum absolute atomic E-state index is 0. The van der Waals surface area contributed by atoms with E-state index >= 15 is 0 Å². The van der Waals surface area contributed by atoms with E-state index in [-0.39, 0.29) is 24.0 Å². The fraction of sp³-hybridized carbons (Fsp3) is 0.588. The number of alkyl halides is 3. The molecule has 0 radical (unpaired) electrons. The molecule has 0 atom stereocenters. The molecule has 1 rings (SSSR count). The summed E-state index contributed by atoms with van der Waals surface area (Å²) in [4.78, 5) is 5.40. The maximum Gasteiger partial charge on any atom is 0.401 e. The summed E-state index contributed by atoms with van der Waals surface area (Å²) in [6, 6.07) is 6.28. The third kappa shape index (κ3) is 10.5. The molecule has 0 saturated heterocycles. The molecule has 0 bridgehead atoms. The lowest BCUT2D eigenvalue weighted by atomic mass is 10.1. The molecule has 4 nitrogen and oxygen atoms in total. The fourth-order valence-corrected chi connectivity index (χ4v) is 2.38. The van der Waals surface area contributed by atoms with E-state index in [1.807, 2.05) is 0 Å². The lowest BCUT2D eigenvalue weighted by molar-refractivity contribution is -0.143.